The average molecular weight is 467 g/mol. The Hall–Kier alpha value is -3.72. The Kier molecular flexibility index (Phi) is 6.99. The Bertz CT molecular complexity index is 1240. The lowest BCUT2D eigenvalue weighted by atomic mass is 10.2. The van der Waals surface area contributed by atoms with Gasteiger partial charge in [0, 0.05) is 11.3 Å². The zero-order chi connectivity index (χ0) is 23.2. The van der Waals surface area contributed by atoms with E-state index in [-0.39, 0.29) is 23.3 Å². The molecule has 0 spiro atoms. The summed E-state index contributed by atoms with van der Waals surface area (Å²) in [5.74, 6) is 0.104. The molecule has 0 radical (unpaired) electrons. The molecule has 1 N–H and O–H groups in total. The summed E-state index contributed by atoms with van der Waals surface area (Å²) in [5.41, 5.74) is 1.83. The molecule has 0 bridgehead atoms. The third kappa shape index (κ3) is 5.38. The SMILES string of the molecule is CCOc1ccccc1NC(=O)CSc1nnc(-c2ccc(F)cc2)n1-c1ccc(F)cc1. The van der Waals surface area contributed by atoms with Gasteiger partial charge in [-0.2, -0.15) is 0 Å². The number of hydrogen-bond acceptors (Lipinski definition) is 5. The highest BCUT2D eigenvalue weighted by Gasteiger charge is 2.18. The van der Waals surface area contributed by atoms with E-state index in [4.69, 9.17) is 4.74 Å². The van der Waals surface area contributed by atoms with E-state index in [1.165, 1.54) is 36.0 Å². The first-order valence-corrected chi connectivity index (χ1v) is 11.2. The maximum atomic E-state index is 13.5. The summed E-state index contributed by atoms with van der Waals surface area (Å²) in [5, 5.41) is 11.7. The van der Waals surface area contributed by atoms with Crippen LogP contribution in [0.5, 0.6) is 5.75 Å². The Morgan fingerprint density at radius 3 is 2.33 bits per heavy atom. The van der Waals surface area contributed by atoms with Gasteiger partial charge in [-0.3, -0.25) is 9.36 Å². The van der Waals surface area contributed by atoms with E-state index < -0.39 is 0 Å². The highest BCUT2D eigenvalue weighted by Crippen LogP contribution is 2.29. The number of amides is 1. The lowest BCUT2D eigenvalue weighted by molar-refractivity contribution is -0.113. The molecule has 1 heterocycles. The lowest BCUT2D eigenvalue weighted by Crippen LogP contribution is -2.15. The third-order valence-corrected chi connectivity index (χ3v) is 5.54. The number of para-hydroxylation sites is 2. The number of anilines is 1. The quantitative estimate of drug-likeness (QED) is 0.355. The molecule has 0 saturated carbocycles. The molecular formula is C24H20F2N4O2S. The fourth-order valence-corrected chi connectivity index (χ4v) is 3.89. The van der Waals surface area contributed by atoms with Crippen LogP contribution in [-0.2, 0) is 4.79 Å². The summed E-state index contributed by atoms with van der Waals surface area (Å²) in [6.07, 6.45) is 0. The van der Waals surface area contributed by atoms with Crippen molar-refractivity contribution in [1.82, 2.24) is 14.8 Å². The van der Waals surface area contributed by atoms with Crippen LogP contribution >= 0.6 is 11.8 Å². The number of nitrogens with zero attached hydrogens (tertiary/aromatic N) is 3. The fourth-order valence-electron chi connectivity index (χ4n) is 3.14. The minimum Gasteiger partial charge on any atom is -0.492 e. The highest BCUT2D eigenvalue weighted by molar-refractivity contribution is 7.99. The van der Waals surface area contributed by atoms with Gasteiger partial charge in [-0.25, -0.2) is 8.78 Å². The minimum atomic E-state index is -0.378. The number of carbonyl (C=O) groups is 1. The van der Waals surface area contributed by atoms with Crippen molar-refractivity contribution in [3.63, 3.8) is 0 Å². The van der Waals surface area contributed by atoms with Gasteiger partial charge in [-0.05, 0) is 67.6 Å². The van der Waals surface area contributed by atoms with Crippen molar-refractivity contribution in [3.8, 4) is 22.8 Å². The number of aromatic nitrogens is 3. The van der Waals surface area contributed by atoms with Crippen LogP contribution in [0, 0.1) is 11.6 Å². The van der Waals surface area contributed by atoms with Gasteiger partial charge in [0.05, 0.1) is 18.0 Å². The Balaban J connectivity index is 1.58. The van der Waals surface area contributed by atoms with Crippen LogP contribution in [0.1, 0.15) is 6.92 Å². The van der Waals surface area contributed by atoms with Gasteiger partial charge in [0.15, 0.2) is 11.0 Å². The Labute approximate surface area is 193 Å². The van der Waals surface area contributed by atoms with E-state index in [0.717, 1.165) is 0 Å². The van der Waals surface area contributed by atoms with Crippen LogP contribution in [0.4, 0.5) is 14.5 Å². The summed E-state index contributed by atoms with van der Waals surface area (Å²) in [7, 11) is 0. The number of rotatable bonds is 8. The number of ether oxygens (including phenoxy) is 1. The monoisotopic (exact) mass is 466 g/mol. The summed E-state index contributed by atoms with van der Waals surface area (Å²) < 4.78 is 34.1. The molecule has 0 aliphatic carbocycles. The Morgan fingerprint density at radius 2 is 1.64 bits per heavy atom. The number of benzene rings is 3. The van der Waals surface area contributed by atoms with Crippen molar-refractivity contribution < 1.29 is 18.3 Å². The van der Waals surface area contributed by atoms with Crippen LogP contribution in [0.15, 0.2) is 78.0 Å². The maximum absolute atomic E-state index is 13.5. The third-order valence-electron chi connectivity index (χ3n) is 4.61. The van der Waals surface area contributed by atoms with Crippen LogP contribution in [0.3, 0.4) is 0 Å². The summed E-state index contributed by atoms with van der Waals surface area (Å²) in [4.78, 5) is 12.6. The number of halogens is 2. The molecule has 9 heteroatoms. The van der Waals surface area contributed by atoms with Crippen LogP contribution in [0.25, 0.3) is 17.1 Å². The number of hydrogen-bond donors (Lipinski definition) is 1. The number of carbonyl (C=O) groups excluding carboxylic acids is 1. The van der Waals surface area contributed by atoms with E-state index in [1.54, 1.807) is 41.0 Å². The minimum absolute atomic E-state index is 0.0587. The summed E-state index contributed by atoms with van der Waals surface area (Å²) in [6, 6.07) is 18.9. The van der Waals surface area contributed by atoms with Crippen molar-refractivity contribution in [3.05, 3.63) is 84.4 Å². The van der Waals surface area contributed by atoms with Gasteiger partial charge in [-0.15, -0.1) is 10.2 Å². The van der Waals surface area contributed by atoms with E-state index >= 15 is 0 Å². The van der Waals surface area contributed by atoms with Gasteiger partial charge in [0.2, 0.25) is 5.91 Å². The molecule has 0 aliphatic heterocycles. The Morgan fingerprint density at radius 1 is 0.970 bits per heavy atom. The average Bonchev–Trinajstić information content (AvgIpc) is 3.24. The maximum Gasteiger partial charge on any atom is 0.234 e. The first kappa shape index (κ1) is 22.5. The van der Waals surface area contributed by atoms with Crippen molar-refractivity contribution in [2.75, 3.05) is 17.7 Å². The van der Waals surface area contributed by atoms with Crippen molar-refractivity contribution in [2.24, 2.45) is 0 Å². The first-order chi connectivity index (χ1) is 16.0. The smallest absolute Gasteiger partial charge is 0.234 e. The van der Waals surface area contributed by atoms with Crippen molar-refractivity contribution in [2.45, 2.75) is 12.1 Å². The standard InChI is InChI=1S/C24H20F2N4O2S/c1-2-32-21-6-4-3-5-20(21)27-22(31)15-33-24-29-28-23(16-7-9-17(25)10-8-16)30(24)19-13-11-18(26)12-14-19/h3-14H,2,15H2,1H3,(H,27,31). The molecule has 0 aliphatic rings. The predicted octanol–water partition coefficient (Wildman–Crippen LogP) is 5.34. The predicted molar refractivity (Wildman–Crippen MR) is 124 cm³/mol. The van der Waals surface area contributed by atoms with Gasteiger partial charge >= 0.3 is 0 Å². The molecule has 0 atom stereocenters. The molecule has 0 saturated heterocycles. The van der Waals surface area contributed by atoms with Crippen LogP contribution < -0.4 is 10.1 Å². The molecule has 0 unspecified atom stereocenters. The second-order valence-corrected chi connectivity index (χ2v) is 7.83. The van der Waals surface area contributed by atoms with Gasteiger partial charge in [-0.1, -0.05) is 23.9 Å². The molecule has 168 valence electrons. The molecule has 3 aromatic carbocycles. The van der Waals surface area contributed by atoms with Crippen LogP contribution in [0.2, 0.25) is 0 Å². The van der Waals surface area contributed by atoms with Gasteiger partial charge in [0.1, 0.15) is 17.4 Å². The van der Waals surface area contributed by atoms with E-state index in [1.807, 2.05) is 19.1 Å². The van der Waals surface area contributed by atoms with Crippen LogP contribution in [-0.4, -0.2) is 33.0 Å². The normalized spacial score (nSPS) is 10.8. The molecule has 6 nitrogen and oxygen atoms in total. The summed E-state index contributed by atoms with van der Waals surface area (Å²) >= 11 is 1.18. The largest absolute Gasteiger partial charge is 0.492 e. The summed E-state index contributed by atoms with van der Waals surface area (Å²) in [6.45, 7) is 2.35. The lowest BCUT2D eigenvalue weighted by Gasteiger charge is -2.12. The van der Waals surface area contributed by atoms with Gasteiger partial charge in [0.25, 0.3) is 0 Å². The van der Waals surface area contributed by atoms with E-state index in [9.17, 15) is 13.6 Å². The molecule has 4 aromatic rings. The van der Waals surface area contributed by atoms with E-state index in [0.29, 0.717) is 40.3 Å². The zero-order valence-corrected chi connectivity index (χ0v) is 18.5. The highest BCUT2D eigenvalue weighted by atomic mass is 32.2. The second kappa shape index (κ2) is 10.3. The topological polar surface area (TPSA) is 69.0 Å². The molecular weight excluding hydrogens is 446 g/mol. The van der Waals surface area contributed by atoms with E-state index in [2.05, 4.69) is 15.5 Å². The molecule has 4 rings (SSSR count). The molecule has 1 amide bonds. The number of thioether (sulfide) groups is 1. The van der Waals surface area contributed by atoms with Crippen molar-refractivity contribution >= 4 is 23.4 Å². The van der Waals surface area contributed by atoms with Gasteiger partial charge < -0.3 is 10.1 Å². The van der Waals surface area contributed by atoms with Crippen molar-refractivity contribution in [1.29, 1.82) is 0 Å². The first-order valence-electron chi connectivity index (χ1n) is 10.2. The molecule has 0 fully saturated rings. The molecule has 1 aromatic heterocycles. The number of nitrogens with one attached hydrogen (secondary N) is 1. The zero-order valence-electron chi connectivity index (χ0n) is 17.7. The second-order valence-electron chi connectivity index (χ2n) is 6.89. The molecule has 33 heavy (non-hydrogen) atoms. The fraction of sp³-hybridized carbons (Fsp3) is 0.125.